The Balaban J connectivity index is 2.60. The molecule has 0 spiro atoms. The molecule has 0 heterocycles. The van der Waals surface area contributed by atoms with E-state index in [1.807, 2.05) is 0 Å². The van der Waals surface area contributed by atoms with Gasteiger partial charge in [-0.25, -0.2) is 0 Å². The lowest BCUT2D eigenvalue weighted by atomic mass is 10.1. The van der Waals surface area contributed by atoms with Crippen LogP contribution in [-0.4, -0.2) is 57.8 Å². The van der Waals surface area contributed by atoms with Crippen LogP contribution in [0.3, 0.4) is 0 Å². The summed E-state index contributed by atoms with van der Waals surface area (Å²) in [5, 5.41) is 31.7. The molecular weight excluding hydrogens is 318 g/mol. The summed E-state index contributed by atoms with van der Waals surface area (Å²) in [6.45, 7) is 0.599. The van der Waals surface area contributed by atoms with Crippen LogP contribution >= 0.6 is 0 Å². The first kappa shape index (κ1) is 19.4. The maximum Gasteiger partial charge on any atom is 0.325 e. The van der Waals surface area contributed by atoms with Crippen molar-refractivity contribution in [3.63, 3.8) is 0 Å². The first-order valence-corrected chi connectivity index (χ1v) is 7.30. The van der Waals surface area contributed by atoms with E-state index in [4.69, 9.17) is 5.11 Å². The van der Waals surface area contributed by atoms with Crippen molar-refractivity contribution in [1.29, 1.82) is 0 Å². The fraction of sp³-hybridized carbons (Fsp3) is 0.400. The largest absolute Gasteiger partial charge is 0.508 e. The summed E-state index contributed by atoms with van der Waals surface area (Å²) in [5.41, 5.74) is 4.48. The molecule has 2 amide bonds. The van der Waals surface area contributed by atoms with Crippen molar-refractivity contribution in [2.24, 2.45) is 0 Å². The molecule has 8 N–H and O–H groups in total. The number of carboxylic acid groups (broad SMARTS) is 1. The molecule has 9 nitrogen and oxygen atoms in total. The van der Waals surface area contributed by atoms with Crippen molar-refractivity contribution in [3.05, 3.63) is 29.8 Å². The summed E-state index contributed by atoms with van der Waals surface area (Å²) in [7, 11) is 0. The minimum Gasteiger partial charge on any atom is -0.508 e. The van der Waals surface area contributed by atoms with Crippen LogP contribution in [0.5, 0.6) is 5.75 Å². The van der Waals surface area contributed by atoms with Crippen LogP contribution in [0.2, 0.25) is 0 Å². The number of hydrogen-bond acceptors (Lipinski definition) is 5. The summed E-state index contributed by atoms with van der Waals surface area (Å²) in [5.74, 6) is -2.47. The number of aliphatic hydroxyl groups excluding tert-OH is 1. The van der Waals surface area contributed by atoms with Crippen molar-refractivity contribution in [3.8, 4) is 5.75 Å². The zero-order chi connectivity index (χ0) is 18.3. The Hall–Kier alpha value is -2.65. The van der Waals surface area contributed by atoms with E-state index in [1.165, 1.54) is 19.1 Å². The number of aliphatic carboxylic acids is 1. The molecule has 0 fully saturated rings. The van der Waals surface area contributed by atoms with Crippen LogP contribution < -0.4 is 16.4 Å². The zero-order valence-corrected chi connectivity index (χ0v) is 13.2. The van der Waals surface area contributed by atoms with Crippen molar-refractivity contribution >= 4 is 17.8 Å². The van der Waals surface area contributed by atoms with E-state index in [0.29, 0.717) is 0 Å². The third-order valence-corrected chi connectivity index (χ3v) is 3.33. The predicted octanol–water partition coefficient (Wildman–Crippen LogP) is -2.39. The number of carbonyl (C=O) groups is 3. The highest BCUT2D eigenvalue weighted by atomic mass is 16.4. The number of phenols is 1. The highest BCUT2D eigenvalue weighted by Gasteiger charge is 2.27. The number of amides is 2. The van der Waals surface area contributed by atoms with Gasteiger partial charge in [0.25, 0.3) is 5.91 Å². The number of nitrogens with one attached hydrogen (secondary N) is 2. The van der Waals surface area contributed by atoms with Gasteiger partial charge in [0, 0.05) is 6.42 Å². The van der Waals surface area contributed by atoms with E-state index in [1.54, 1.807) is 12.1 Å². The maximum absolute atomic E-state index is 12.1. The molecule has 0 saturated heterocycles. The van der Waals surface area contributed by atoms with E-state index in [-0.39, 0.29) is 12.2 Å². The summed E-state index contributed by atoms with van der Waals surface area (Å²) in [6, 6.07) is 3.12. The van der Waals surface area contributed by atoms with E-state index in [2.05, 4.69) is 16.4 Å². The van der Waals surface area contributed by atoms with Crippen LogP contribution in [0.25, 0.3) is 0 Å². The van der Waals surface area contributed by atoms with E-state index >= 15 is 0 Å². The Kier molecular flexibility index (Phi) is 7.15. The summed E-state index contributed by atoms with van der Waals surface area (Å²) in [6.07, 6.45) is 0.275. The summed E-state index contributed by atoms with van der Waals surface area (Å²) < 4.78 is 0. The van der Waals surface area contributed by atoms with Gasteiger partial charge in [0.1, 0.15) is 17.8 Å². The van der Waals surface area contributed by atoms with Gasteiger partial charge in [0.05, 0.1) is 6.61 Å². The number of phenolic OH excluding ortho intramolecular Hbond substituents is 1. The second-order valence-corrected chi connectivity index (χ2v) is 5.38. The quantitative estimate of drug-likeness (QED) is 0.309. The third kappa shape index (κ3) is 5.86. The fourth-order valence-electron chi connectivity index (χ4n) is 1.87. The van der Waals surface area contributed by atoms with E-state index in [9.17, 15) is 24.6 Å². The smallest absolute Gasteiger partial charge is 0.325 e. The van der Waals surface area contributed by atoms with Crippen LogP contribution in [0.4, 0.5) is 0 Å². The molecular formula is C15H22N3O6+. The minimum atomic E-state index is -1.26. The first-order chi connectivity index (χ1) is 11.2. The Bertz CT molecular complexity index is 589. The lowest BCUT2D eigenvalue weighted by molar-refractivity contribution is -0.403. The van der Waals surface area contributed by atoms with Crippen LogP contribution in [0.15, 0.2) is 24.3 Å². The molecule has 0 saturated carbocycles. The van der Waals surface area contributed by atoms with Crippen LogP contribution in [0, 0.1) is 0 Å². The molecule has 1 aromatic rings. The molecule has 0 unspecified atom stereocenters. The fourth-order valence-corrected chi connectivity index (χ4v) is 1.87. The molecule has 0 bridgehead atoms. The molecule has 9 heteroatoms. The molecule has 3 atom stereocenters. The van der Waals surface area contributed by atoms with Crippen molar-refractivity contribution in [2.75, 3.05) is 6.61 Å². The van der Waals surface area contributed by atoms with Gasteiger partial charge >= 0.3 is 5.97 Å². The number of hydrogen-bond donors (Lipinski definition) is 6. The number of benzene rings is 1. The second kappa shape index (κ2) is 8.85. The van der Waals surface area contributed by atoms with Crippen LogP contribution in [-0.2, 0) is 20.8 Å². The monoisotopic (exact) mass is 340 g/mol. The van der Waals surface area contributed by atoms with Crippen molar-refractivity contribution < 1.29 is 35.4 Å². The second-order valence-electron chi connectivity index (χ2n) is 5.38. The average Bonchev–Trinajstić information content (AvgIpc) is 2.53. The number of aromatic hydroxyl groups is 1. The number of aliphatic hydroxyl groups is 1. The lowest BCUT2D eigenvalue weighted by Crippen LogP contribution is -2.70. The molecule has 0 aliphatic rings. The molecule has 132 valence electrons. The Morgan fingerprint density at radius 1 is 1.12 bits per heavy atom. The summed E-state index contributed by atoms with van der Waals surface area (Å²) in [4.78, 5) is 34.6. The normalized spacial score (nSPS) is 14.3. The highest BCUT2D eigenvalue weighted by molar-refractivity contribution is 5.91. The SMILES string of the molecule is C[C@H](NC(=O)[C@H](CO)NC(=O)[C@@H]([NH3+])Cc1ccc(O)cc1)C(=O)O. The zero-order valence-electron chi connectivity index (χ0n) is 13.2. The van der Waals surface area contributed by atoms with Gasteiger partial charge in [0.2, 0.25) is 5.91 Å². The number of carboxylic acids is 1. The number of quaternary nitrogens is 1. The maximum atomic E-state index is 12.1. The van der Waals surface area contributed by atoms with E-state index < -0.39 is 42.5 Å². The highest BCUT2D eigenvalue weighted by Crippen LogP contribution is 2.10. The molecule has 1 aromatic carbocycles. The van der Waals surface area contributed by atoms with Gasteiger partial charge < -0.3 is 31.7 Å². The van der Waals surface area contributed by atoms with Crippen molar-refractivity contribution in [2.45, 2.75) is 31.5 Å². The van der Waals surface area contributed by atoms with Crippen molar-refractivity contribution in [1.82, 2.24) is 10.6 Å². The molecule has 0 aliphatic heterocycles. The van der Waals surface area contributed by atoms with Gasteiger partial charge in [-0.2, -0.15) is 0 Å². The number of rotatable bonds is 8. The van der Waals surface area contributed by atoms with Gasteiger partial charge in [-0.1, -0.05) is 12.1 Å². The Labute approximate surface area is 138 Å². The molecule has 0 aliphatic carbocycles. The number of carbonyl (C=O) groups excluding carboxylic acids is 2. The predicted molar refractivity (Wildman–Crippen MR) is 82.7 cm³/mol. The first-order valence-electron chi connectivity index (χ1n) is 7.30. The summed E-state index contributed by atoms with van der Waals surface area (Å²) >= 11 is 0. The molecule has 0 radical (unpaired) electrons. The van der Waals surface area contributed by atoms with Gasteiger partial charge in [-0.3, -0.25) is 14.4 Å². The molecule has 0 aromatic heterocycles. The van der Waals surface area contributed by atoms with Crippen LogP contribution in [0.1, 0.15) is 12.5 Å². The van der Waals surface area contributed by atoms with Gasteiger partial charge in [-0.05, 0) is 24.6 Å². The topological polar surface area (TPSA) is 164 Å². The van der Waals surface area contributed by atoms with Gasteiger partial charge in [0.15, 0.2) is 6.04 Å². The Morgan fingerprint density at radius 2 is 1.71 bits per heavy atom. The van der Waals surface area contributed by atoms with E-state index in [0.717, 1.165) is 5.56 Å². The molecule has 1 rings (SSSR count). The van der Waals surface area contributed by atoms with Gasteiger partial charge in [-0.15, -0.1) is 0 Å². The standard InChI is InChI=1S/C15H21N3O6/c1-8(15(23)24)17-14(22)12(7-19)18-13(21)11(16)6-9-2-4-10(20)5-3-9/h2-5,8,11-12,19-20H,6-7,16H2,1H3,(H,17,22)(H,18,21)(H,23,24)/p+1/t8-,11-,12-/m0/s1. The average molecular weight is 340 g/mol. The Morgan fingerprint density at radius 3 is 2.21 bits per heavy atom. The third-order valence-electron chi connectivity index (χ3n) is 3.33. The minimum absolute atomic E-state index is 0.105. The molecule has 24 heavy (non-hydrogen) atoms. The lowest BCUT2D eigenvalue weighted by Gasteiger charge is -2.19.